The Labute approximate surface area is 327 Å². The van der Waals surface area contributed by atoms with Gasteiger partial charge in [-0.3, -0.25) is 0 Å². The van der Waals surface area contributed by atoms with Gasteiger partial charge in [-0.15, -0.1) is 0 Å². The first-order valence-corrected chi connectivity index (χ1v) is 19.8. The summed E-state index contributed by atoms with van der Waals surface area (Å²) in [6.07, 6.45) is 14.7. The largest absolute Gasteiger partial charge is 0.233 e. The Hall–Kier alpha value is -6.12. The highest BCUT2D eigenvalue weighted by molar-refractivity contribution is 6.13. The normalized spacial score (nSPS) is 15.7. The molecule has 270 valence electrons. The van der Waals surface area contributed by atoms with Gasteiger partial charge in [0.25, 0.3) is 0 Å². The SMILES string of the molecule is C=C(N=C(N=C(C)c1ccc(-c2ccccc2)cc1)C1=CCCC=C1)c1ccc(C2(c3ccc(-c4cccc(-c5ccccc5)c4)cc3)CCCCC2)cc1. The average molecular weight is 713 g/mol. The Kier molecular flexibility index (Phi) is 10.8. The van der Waals surface area contributed by atoms with Crippen molar-refractivity contribution in [2.24, 2.45) is 9.98 Å². The molecule has 1 fully saturated rings. The second-order valence-corrected chi connectivity index (χ2v) is 14.9. The lowest BCUT2D eigenvalue weighted by Gasteiger charge is -2.39. The van der Waals surface area contributed by atoms with E-state index in [9.17, 15) is 0 Å². The number of benzene rings is 6. The van der Waals surface area contributed by atoms with E-state index < -0.39 is 0 Å². The fourth-order valence-corrected chi connectivity index (χ4v) is 8.26. The highest BCUT2D eigenvalue weighted by Crippen LogP contribution is 2.45. The molecule has 0 unspecified atom stereocenters. The van der Waals surface area contributed by atoms with Crippen molar-refractivity contribution in [1.82, 2.24) is 0 Å². The van der Waals surface area contributed by atoms with Gasteiger partial charge in [0.1, 0.15) is 0 Å². The van der Waals surface area contributed by atoms with Crippen molar-refractivity contribution < 1.29 is 0 Å². The quantitative estimate of drug-likeness (QED) is 0.105. The Morgan fingerprint density at radius 1 is 0.509 bits per heavy atom. The molecule has 0 spiro atoms. The maximum atomic E-state index is 5.12. The Balaban J connectivity index is 1.05. The summed E-state index contributed by atoms with van der Waals surface area (Å²) < 4.78 is 0. The molecular formula is C53H48N2. The van der Waals surface area contributed by atoms with Crippen LogP contribution in [0.4, 0.5) is 0 Å². The lowest BCUT2D eigenvalue weighted by molar-refractivity contribution is 0.346. The Bertz CT molecular complexity index is 2370. The second-order valence-electron chi connectivity index (χ2n) is 14.9. The van der Waals surface area contributed by atoms with Crippen molar-refractivity contribution in [3.8, 4) is 33.4 Å². The van der Waals surface area contributed by atoms with E-state index in [-0.39, 0.29) is 5.41 Å². The number of aliphatic imine (C=N–C) groups is 2. The van der Waals surface area contributed by atoms with Crippen LogP contribution in [-0.4, -0.2) is 11.5 Å². The molecule has 0 amide bonds. The van der Waals surface area contributed by atoms with Gasteiger partial charge < -0.3 is 0 Å². The minimum absolute atomic E-state index is 0.00781. The Morgan fingerprint density at radius 3 is 1.62 bits per heavy atom. The van der Waals surface area contributed by atoms with E-state index in [4.69, 9.17) is 9.98 Å². The van der Waals surface area contributed by atoms with E-state index in [0.29, 0.717) is 5.84 Å². The van der Waals surface area contributed by atoms with Crippen LogP contribution in [0, 0.1) is 0 Å². The number of hydrogen-bond donors (Lipinski definition) is 0. The summed E-state index contributed by atoms with van der Waals surface area (Å²) in [6, 6.07) is 57.0. The van der Waals surface area contributed by atoms with Crippen LogP contribution in [0.3, 0.4) is 0 Å². The average Bonchev–Trinajstić information content (AvgIpc) is 3.27. The summed E-state index contributed by atoms with van der Waals surface area (Å²) in [5.74, 6) is 0.702. The van der Waals surface area contributed by atoms with Gasteiger partial charge in [0.15, 0.2) is 5.84 Å². The molecule has 6 aromatic carbocycles. The van der Waals surface area contributed by atoms with Gasteiger partial charge in [-0.25, -0.2) is 9.98 Å². The maximum Gasteiger partial charge on any atom is 0.159 e. The number of allylic oxidation sites excluding steroid dienone is 2. The summed E-state index contributed by atoms with van der Waals surface area (Å²) in [5.41, 5.74) is 14.9. The minimum atomic E-state index is -0.00781. The summed E-state index contributed by atoms with van der Waals surface area (Å²) in [6.45, 7) is 6.52. The molecule has 55 heavy (non-hydrogen) atoms. The van der Waals surface area contributed by atoms with Crippen molar-refractivity contribution in [3.05, 3.63) is 210 Å². The van der Waals surface area contributed by atoms with Crippen LogP contribution in [0.25, 0.3) is 39.1 Å². The van der Waals surface area contributed by atoms with E-state index >= 15 is 0 Å². The lowest BCUT2D eigenvalue weighted by atomic mass is 9.65. The van der Waals surface area contributed by atoms with E-state index in [1.807, 2.05) is 6.07 Å². The summed E-state index contributed by atoms with van der Waals surface area (Å²) >= 11 is 0. The third-order valence-electron chi connectivity index (χ3n) is 11.4. The molecule has 0 atom stereocenters. The first-order valence-electron chi connectivity index (χ1n) is 19.8. The molecule has 8 rings (SSSR count). The van der Waals surface area contributed by atoms with Crippen molar-refractivity contribution in [2.75, 3.05) is 0 Å². The highest BCUT2D eigenvalue weighted by Gasteiger charge is 2.35. The third-order valence-corrected chi connectivity index (χ3v) is 11.4. The molecular weight excluding hydrogens is 665 g/mol. The topological polar surface area (TPSA) is 24.7 Å². The van der Waals surface area contributed by atoms with Gasteiger partial charge in [0.05, 0.1) is 5.70 Å². The maximum absolute atomic E-state index is 5.12. The molecule has 0 bridgehead atoms. The summed E-state index contributed by atoms with van der Waals surface area (Å²) in [5, 5.41) is 0. The van der Waals surface area contributed by atoms with Gasteiger partial charge in [0.2, 0.25) is 0 Å². The Morgan fingerprint density at radius 2 is 1.02 bits per heavy atom. The zero-order chi connectivity index (χ0) is 37.5. The fraction of sp³-hybridized carbons (Fsp3) is 0.170. The van der Waals surface area contributed by atoms with Gasteiger partial charge in [-0.05, 0) is 94.3 Å². The first-order chi connectivity index (χ1) is 27.1. The van der Waals surface area contributed by atoms with Crippen molar-refractivity contribution in [3.63, 3.8) is 0 Å². The lowest BCUT2D eigenvalue weighted by Crippen LogP contribution is -2.30. The molecule has 6 aromatic rings. The van der Waals surface area contributed by atoms with Crippen molar-refractivity contribution in [1.29, 1.82) is 0 Å². The zero-order valence-corrected chi connectivity index (χ0v) is 31.8. The van der Waals surface area contributed by atoms with Crippen LogP contribution >= 0.6 is 0 Å². The molecule has 0 heterocycles. The van der Waals surface area contributed by atoms with Gasteiger partial charge in [-0.1, -0.05) is 196 Å². The predicted octanol–water partition coefficient (Wildman–Crippen LogP) is 14.1. The highest BCUT2D eigenvalue weighted by atomic mass is 14.9. The van der Waals surface area contributed by atoms with Crippen molar-refractivity contribution in [2.45, 2.75) is 57.3 Å². The molecule has 0 aromatic heterocycles. The van der Waals surface area contributed by atoms with E-state index in [1.165, 1.54) is 63.8 Å². The van der Waals surface area contributed by atoms with Gasteiger partial charge in [-0.2, -0.15) is 0 Å². The standard InChI is InChI=1S/C53H48N2/c1-39(41-24-26-45(27-25-41)43-16-7-3-8-17-43)54-52(47-20-11-5-12-21-47)55-40(2)42-28-32-50(33-29-42)53(36-13-6-14-37-53)51-34-30-46(31-35-51)49-23-15-22-48(38-49)44-18-9-4-10-19-44/h3-4,7-11,15-35,38H,2,5-6,12-14,36-37H2,1H3. The second kappa shape index (κ2) is 16.5. The smallest absolute Gasteiger partial charge is 0.159 e. The zero-order valence-electron chi connectivity index (χ0n) is 31.8. The molecule has 2 heteroatoms. The van der Waals surface area contributed by atoms with Gasteiger partial charge >= 0.3 is 0 Å². The van der Waals surface area contributed by atoms with Gasteiger partial charge in [0, 0.05) is 16.7 Å². The van der Waals surface area contributed by atoms with Crippen LogP contribution in [0.2, 0.25) is 0 Å². The van der Waals surface area contributed by atoms with Crippen LogP contribution in [-0.2, 0) is 5.41 Å². The fourth-order valence-electron chi connectivity index (χ4n) is 8.26. The number of amidine groups is 1. The molecule has 2 aliphatic carbocycles. The number of rotatable bonds is 9. The molecule has 2 nitrogen and oxygen atoms in total. The molecule has 0 saturated heterocycles. The van der Waals surface area contributed by atoms with Crippen LogP contribution in [0.15, 0.2) is 198 Å². The van der Waals surface area contributed by atoms with Crippen LogP contribution in [0.5, 0.6) is 0 Å². The third kappa shape index (κ3) is 8.05. The molecule has 0 radical (unpaired) electrons. The summed E-state index contributed by atoms with van der Waals surface area (Å²) in [4.78, 5) is 10.2. The molecule has 2 aliphatic rings. The molecule has 0 aliphatic heterocycles. The minimum Gasteiger partial charge on any atom is -0.233 e. The molecule has 0 N–H and O–H groups in total. The van der Waals surface area contributed by atoms with Crippen molar-refractivity contribution >= 4 is 17.2 Å². The first kappa shape index (κ1) is 35.9. The summed E-state index contributed by atoms with van der Waals surface area (Å²) in [7, 11) is 0. The number of hydrogen-bond acceptors (Lipinski definition) is 1. The monoisotopic (exact) mass is 712 g/mol. The molecule has 1 saturated carbocycles. The van der Waals surface area contributed by atoms with Crippen LogP contribution < -0.4 is 0 Å². The van der Waals surface area contributed by atoms with E-state index in [2.05, 4.69) is 183 Å². The van der Waals surface area contributed by atoms with E-state index in [1.54, 1.807) is 0 Å². The predicted molar refractivity (Wildman–Crippen MR) is 235 cm³/mol. The van der Waals surface area contributed by atoms with Crippen LogP contribution in [0.1, 0.15) is 74.1 Å². The number of nitrogens with zero attached hydrogens (tertiary/aromatic N) is 2. The van der Waals surface area contributed by atoms with E-state index in [0.717, 1.165) is 53.8 Å².